The van der Waals surface area contributed by atoms with E-state index in [1.54, 1.807) is 32.6 Å². The molecule has 2 aromatic heterocycles. The van der Waals surface area contributed by atoms with Gasteiger partial charge in [-0.1, -0.05) is 37.3 Å². The minimum Gasteiger partial charge on any atom is -0.383 e. The number of sulfonamides is 1. The van der Waals surface area contributed by atoms with Crippen molar-refractivity contribution < 1.29 is 17.9 Å². The summed E-state index contributed by atoms with van der Waals surface area (Å²) in [6, 6.07) is 9.10. The summed E-state index contributed by atoms with van der Waals surface area (Å²) in [5.74, 6) is -0.324. The molecule has 0 bridgehead atoms. The maximum absolute atomic E-state index is 13.4. The Morgan fingerprint density at radius 3 is 2.57 bits per heavy atom. The Bertz CT molecular complexity index is 1100. The molecule has 0 radical (unpaired) electrons. The highest BCUT2D eigenvalue weighted by Crippen LogP contribution is 2.30. The minimum atomic E-state index is -3.66. The first-order valence-electron chi connectivity index (χ1n) is 9.66. The number of nitrogens with zero attached hydrogens (tertiary/aromatic N) is 4. The SMILES string of the molecule is CCN(CC)S(=O)(=O)c1cc(C(=O)N(CCOC)c2nc3ccccc3s2)n(C)c1. The lowest BCUT2D eigenvalue weighted by molar-refractivity contribution is 0.0968. The Kier molecular flexibility index (Phi) is 6.91. The lowest BCUT2D eigenvalue weighted by Crippen LogP contribution is -2.35. The molecule has 0 fully saturated rings. The number of carbonyl (C=O) groups is 1. The second-order valence-electron chi connectivity index (χ2n) is 6.68. The number of amides is 1. The Morgan fingerprint density at radius 1 is 1.23 bits per heavy atom. The Morgan fingerprint density at radius 2 is 1.93 bits per heavy atom. The van der Waals surface area contributed by atoms with E-state index in [1.807, 2.05) is 24.3 Å². The molecule has 0 saturated carbocycles. The molecule has 0 N–H and O–H groups in total. The molecule has 0 aliphatic carbocycles. The number of anilines is 1. The molecule has 162 valence electrons. The Hall–Kier alpha value is -2.27. The molecule has 1 aromatic carbocycles. The van der Waals surface area contributed by atoms with Crippen LogP contribution in [-0.4, -0.2) is 61.5 Å². The molecule has 2 heterocycles. The van der Waals surface area contributed by atoms with Gasteiger partial charge in [-0.05, 0) is 18.2 Å². The maximum Gasteiger partial charge on any atom is 0.276 e. The topological polar surface area (TPSA) is 84.7 Å². The van der Waals surface area contributed by atoms with E-state index < -0.39 is 10.0 Å². The second-order valence-corrected chi connectivity index (χ2v) is 9.62. The molecule has 3 aromatic rings. The first kappa shape index (κ1) is 22.4. The van der Waals surface area contributed by atoms with E-state index in [1.165, 1.54) is 32.8 Å². The van der Waals surface area contributed by atoms with Crippen LogP contribution in [0.25, 0.3) is 10.2 Å². The molecule has 30 heavy (non-hydrogen) atoms. The van der Waals surface area contributed by atoms with Crippen molar-refractivity contribution in [2.45, 2.75) is 18.7 Å². The number of aryl methyl sites for hydroxylation is 1. The normalized spacial score (nSPS) is 12.0. The zero-order chi connectivity index (χ0) is 21.9. The number of carbonyl (C=O) groups excluding carboxylic acids is 1. The van der Waals surface area contributed by atoms with Gasteiger partial charge in [-0.15, -0.1) is 0 Å². The predicted molar refractivity (Wildman–Crippen MR) is 119 cm³/mol. The van der Waals surface area contributed by atoms with Crippen LogP contribution in [0.3, 0.4) is 0 Å². The molecule has 0 saturated heterocycles. The number of hydrogen-bond acceptors (Lipinski definition) is 6. The van der Waals surface area contributed by atoms with Gasteiger partial charge in [0.05, 0.1) is 23.4 Å². The molecular weight excluding hydrogens is 424 g/mol. The quantitative estimate of drug-likeness (QED) is 0.500. The molecule has 3 rings (SSSR count). The number of para-hydroxylation sites is 1. The lowest BCUT2D eigenvalue weighted by Gasteiger charge is -2.19. The van der Waals surface area contributed by atoms with Gasteiger partial charge in [-0.25, -0.2) is 13.4 Å². The molecular formula is C20H26N4O4S2. The highest BCUT2D eigenvalue weighted by Gasteiger charge is 2.28. The van der Waals surface area contributed by atoms with Gasteiger partial charge in [0.15, 0.2) is 5.13 Å². The summed E-state index contributed by atoms with van der Waals surface area (Å²) in [7, 11) is -0.424. The van der Waals surface area contributed by atoms with Crippen LogP contribution >= 0.6 is 11.3 Å². The summed E-state index contributed by atoms with van der Waals surface area (Å²) in [6.07, 6.45) is 1.48. The predicted octanol–water partition coefficient (Wildman–Crippen LogP) is 2.96. The molecule has 0 aliphatic heterocycles. The van der Waals surface area contributed by atoms with E-state index in [0.717, 1.165) is 10.2 Å². The molecule has 8 nitrogen and oxygen atoms in total. The van der Waals surface area contributed by atoms with Crippen LogP contribution < -0.4 is 4.90 Å². The number of ether oxygens (including phenoxy) is 1. The number of fused-ring (bicyclic) bond motifs is 1. The standard InChI is InChI=1S/C20H26N4O4S2/c1-5-23(6-2)30(26,27)15-13-17(22(3)14-15)19(25)24(11-12-28-4)20-21-16-9-7-8-10-18(16)29-20/h7-10,13-14H,5-6,11-12H2,1-4H3. The Balaban J connectivity index is 2.00. The molecule has 1 amide bonds. The number of thiazole rings is 1. The van der Waals surface area contributed by atoms with Crippen molar-refractivity contribution in [1.82, 2.24) is 13.9 Å². The summed E-state index contributed by atoms with van der Waals surface area (Å²) < 4.78 is 34.8. The van der Waals surface area contributed by atoms with E-state index >= 15 is 0 Å². The average molecular weight is 451 g/mol. The monoisotopic (exact) mass is 450 g/mol. The number of benzene rings is 1. The molecule has 0 atom stereocenters. The maximum atomic E-state index is 13.4. The van der Waals surface area contributed by atoms with Crippen molar-refractivity contribution in [3.8, 4) is 0 Å². The molecule has 10 heteroatoms. The first-order valence-corrected chi connectivity index (χ1v) is 11.9. The van der Waals surface area contributed by atoms with Gasteiger partial charge in [0.2, 0.25) is 10.0 Å². The fourth-order valence-electron chi connectivity index (χ4n) is 3.18. The van der Waals surface area contributed by atoms with Gasteiger partial charge in [0, 0.05) is 33.4 Å². The molecule has 0 aliphatic rings. The van der Waals surface area contributed by atoms with Crippen LogP contribution in [0.2, 0.25) is 0 Å². The number of aromatic nitrogens is 2. The largest absolute Gasteiger partial charge is 0.383 e. The van der Waals surface area contributed by atoms with E-state index in [4.69, 9.17) is 4.74 Å². The highest BCUT2D eigenvalue weighted by atomic mass is 32.2. The van der Waals surface area contributed by atoms with Crippen molar-refractivity contribution in [2.24, 2.45) is 7.05 Å². The summed E-state index contributed by atoms with van der Waals surface area (Å²) in [5, 5.41) is 0.549. The highest BCUT2D eigenvalue weighted by molar-refractivity contribution is 7.89. The second kappa shape index (κ2) is 9.25. The van der Waals surface area contributed by atoms with Crippen molar-refractivity contribution in [3.63, 3.8) is 0 Å². The third kappa shape index (κ3) is 4.27. The summed E-state index contributed by atoms with van der Waals surface area (Å²) in [4.78, 5) is 19.6. The van der Waals surface area contributed by atoms with Crippen LogP contribution in [-0.2, 0) is 21.8 Å². The average Bonchev–Trinajstić information content (AvgIpc) is 3.32. The zero-order valence-electron chi connectivity index (χ0n) is 17.5. The van der Waals surface area contributed by atoms with Gasteiger partial charge in [0.25, 0.3) is 5.91 Å². The van der Waals surface area contributed by atoms with Crippen LogP contribution in [0.15, 0.2) is 41.4 Å². The van der Waals surface area contributed by atoms with Gasteiger partial charge in [-0.2, -0.15) is 4.31 Å². The summed E-state index contributed by atoms with van der Waals surface area (Å²) in [5.41, 5.74) is 1.08. The van der Waals surface area contributed by atoms with E-state index in [2.05, 4.69) is 4.98 Å². The lowest BCUT2D eigenvalue weighted by atomic mass is 10.3. The van der Waals surface area contributed by atoms with Crippen molar-refractivity contribution in [2.75, 3.05) is 38.3 Å². The number of rotatable bonds is 9. The van der Waals surface area contributed by atoms with Crippen molar-refractivity contribution in [1.29, 1.82) is 0 Å². The third-order valence-corrected chi connectivity index (χ3v) is 7.89. The van der Waals surface area contributed by atoms with Crippen LogP contribution in [0.1, 0.15) is 24.3 Å². The van der Waals surface area contributed by atoms with E-state index in [0.29, 0.717) is 31.4 Å². The Labute approximate surface area is 180 Å². The van der Waals surface area contributed by atoms with E-state index in [-0.39, 0.29) is 16.5 Å². The summed E-state index contributed by atoms with van der Waals surface area (Å²) in [6.45, 7) is 4.94. The van der Waals surface area contributed by atoms with Gasteiger partial charge in [-0.3, -0.25) is 9.69 Å². The van der Waals surface area contributed by atoms with E-state index in [9.17, 15) is 13.2 Å². The zero-order valence-corrected chi connectivity index (χ0v) is 19.2. The summed E-state index contributed by atoms with van der Waals surface area (Å²) >= 11 is 1.41. The first-order chi connectivity index (χ1) is 14.3. The smallest absolute Gasteiger partial charge is 0.276 e. The van der Waals surface area contributed by atoms with Gasteiger partial charge in [0.1, 0.15) is 10.6 Å². The number of hydrogen-bond donors (Lipinski definition) is 0. The van der Waals surface area contributed by atoms with Crippen molar-refractivity contribution in [3.05, 3.63) is 42.2 Å². The molecule has 0 unspecified atom stereocenters. The molecule has 0 spiro atoms. The fourth-order valence-corrected chi connectivity index (χ4v) is 5.70. The fraction of sp³-hybridized carbons (Fsp3) is 0.400. The van der Waals surface area contributed by atoms with Gasteiger partial charge < -0.3 is 9.30 Å². The third-order valence-electron chi connectivity index (χ3n) is 4.82. The minimum absolute atomic E-state index is 0.105. The van der Waals surface area contributed by atoms with Gasteiger partial charge >= 0.3 is 0 Å². The van der Waals surface area contributed by atoms with Crippen LogP contribution in [0.5, 0.6) is 0 Å². The number of methoxy groups -OCH3 is 1. The van der Waals surface area contributed by atoms with Crippen molar-refractivity contribution >= 4 is 42.6 Å². The van der Waals surface area contributed by atoms with Crippen LogP contribution in [0.4, 0.5) is 5.13 Å². The van der Waals surface area contributed by atoms with Crippen LogP contribution in [0, 0.1) is 0 Å².